The number of benzene rings is 1. The van der Waals surface area contributed by atoms with Crippen LogP contribution in [0.5, 0.6) is 0 Å². The second-order valence-electron chi connectivity index (χ2n) is 4.99. The maximum absolute atomic E-state index is 12.4. The van der Waals surface area contributed by atoms with Gasteiger partial charge in [-0.05, 0) is 49.9 Å². The molecule has 0 aromatic heterocycles. The fraction of sp³-hybridized carbons (Fsp3) is 0.571. The van der Waals surface area contributed by atoms with Crippen molar-refractivity contribution in [1.82, 2.24) is 5.32 Å². The van der Waals surface area contributed by atoms with Crippen molar-refractivity contribution in [2.75, 3.05) is 12.3 Å². The average molecular weight is 320 g/mol. The Morgan fingerprint density at radius 1 is 1.37 bits per heavy atom. The first kappa shape index (κ1) is 15.3. The van der Waals surface area contributed by atoms with Crippen molar-refractivity contribution in [1.29, 1.82) is 0 Å². The van der Waals surface area contributed by atoms with Crippen molar-refractivity contribution in [3.63, 3.8) is 0 Å². The first-order valence-corrected chi connectivity index (χ1v) is 8.76. The zero-order valence-corrected chi connectivity index (χ0v) is 13.3. The molecular weight excluding hydrogens is 301 g/mol. The Labute approximate surface area is 127 Å². The second-order valence-corrected chi connectivity index (χ2v) is 7.30. The molecule has 106 valence electrons. The molecule has 0 heterocycles. The van der Waals surface area contributed by atoms with Crippen molar-refractivity contribution in [2.45, 2.75) is 37.1 Å². The molecule has 1 aliphatic carbocycles. The Hall–Kier alpha value is -0.0900. The van der Waals surface area contributed by atoms with Gasteiger partial charge in [0.25, 0.3) is 0 Å². The van der Waals surface area contributed by atoms with Gasteiger partial charge in [0.1, 0.15) is 0 Å². The van der Waals surface area contributed by atoms with Crippen LogP contribution in [0.4, 0.5) is 0 Å². The zero-order chi connectivity index (χ0) is 13.8. The highest BCUT2D eigenvalue weighted by molar-refractivity contribution is 7.85. The SMILES string of the molecule is CCCNC(CS(=O)c1ccc(Cl)c(Cl)c1)C1CC1. The summed E-state index contributed by atoms with van der Waals surface area (Å²) in [7, 11) is -1.02. The summed E-state index contributed by atoms with van der Waals surface area (Å²) in [5.74, 6) is 1.35. The predicted molar refractivity (Wildman–Crippen MR) is 82.5 cm³/mol. The molecule has 1 aromatic rings. The van der Waals surface area contributed by atoms with Crippen LogP contribution < -0.4 is 5.32 Å². The quantitative estimate of drug-likeness (QED) is 0.826. The van der Waals surface area contributed by atoms with E-state index in [0.29, 0.717) is 27.8 Å². The zero-order valence-electron chi connectivity index (χ0n) is 11.0. The average Bonchev–Trinajstić information content (AvgIpc) is 3.21. The van der Waals surface area contributed by atoms with Crippen LogP contribution in [-0.2, 0) is 10.8 Å². The van der Waals surface area contributed by atoms with Crippen LogP contribution in [0.15, 0.2) is 23.1 Å². The molecule has 1 aliphatic rings. The van der Waals surface area contributed by atoms with Crippen LogP contribution in [0.3, 0.4) is 0 Å². The summed E-state index contributed by atoms with van der Waals surface area (Å²) < 4.78 is 12.4. The Balaban J connectivity index is 1.99. The van der Waals surface area contributed by atoms with Gasteiger partial charge in [0.15, 0.2) is 0 Å². The van der Waals surface area contributed by atoms with Crippen molar-refractivity contribution < 1.29 is 4.21 Å². The molecule has 5 heteroatoms. The van der Waals surface area contributed by atoms with Crippen molar-refractivity contribution in [3.05, 3.63) is 28.2 Å². The molecule has 1 saturated carbocycles. The van der Waals surface area contributed by atoms with Gasteiger partial charge < -0.3 is 5.32 Å². The number of hydrogen-bond acceptors (Lipinski definition) is 2. The van der Waals surface area contributed by atoms with E-state index in [1.54, 1.807) is 18.2 Å². The summed E-state index contributed by atoms with van der Waals surface area (Å²) in [6, 6.07) is 5.58. The normalized spacial score (nSPS) is 18.3. The predicted octanol–water partition coefficient (Wildman–Crippen LogP) is 3.88. The van der Waals surface area contributed by atoms with Gasteiger partial charge in [0.2, 0.25) is 0 Å². The fourth-order valence-corrected chi connectivity index (χ4v) is 3.81. The van der Waals surface area contributed by atoms with Gasteiger partial charge in [0, 0.05) is 16.7 Å². The Bertz CT molecular complexity index is 463. The fourth-order valence-electron chi connectivity index (χ4n) is 2.07. The first-order valence-electron chi connectivity index (χ1n) is 6.68. The number of hydrogen-bond donors (Lipinski definition) is 1. The minimum Gasteiger partial charge on any atom is -0.313 e. The minimum absolute atomic E-state index is 0.357. The summed E-state index contributed by atoms with van der Waals surface area (Å²) in [4.78, 5) is 0.762. The maximum atomic E-state index is 12.4. The number of rotatable bonds is 7. The molecule has 2 nitrogen and oxygen atoms in total. The van der Waals surface area contributed by atoms with E-state index < -0.39 is 10.8 Å². The third kappa shape index (κ3) is 4.45. The van der Waals surface area contributed by atoms with E-state index >= 15 is 0 Å². The summed E-state index contributed by atoms with van der Waals surface area (Å²) >= 11 is 11.8. The molecule has 1 aromatic carbocycles. The smallest absolute Gasteiger partial charge is 0.0604 e. The van der Waals surface area contributed by atoms with E-state index in [-0.39, 0.29) is 0 Å². The lowest BCUT2D eigenvalue weighted by Gasteiger charge is -2.17. The molecule has 0 aliphatic heterocycles. The van der Waals surface area contributed by atoms with Crippen LogP contribution in [0.25, 0.3) is 0 Å². The Kier molecular flexibility index (Phi) is 5.70. The van der Waals surface area contributed by atoms with E-state index in [1.165, 1.54) is 12.8 Å². The Morgan fingerprint density at radius 2 is 2.11 bits per heavy atom. The van der Waals surface area contributed by atoms with Gasteiger partial charge in [-0.3, -0.25) is 4.21 Å². The van der Waals surface area contributed by atoms with Gasteiger partial charge in [-0.2, -0.15) is 0 Å². The van der Waals surface area contributed by atoms with Crippen LogP contribution in [0, 0.1) is 5.92 Å². The largest absolute Gasteiger partial charge is 0.313 e. The molecule has 0 bridgehead atoms. The minimum atomic E-state index is -1.02. The highest BCUT2D eigenvalue weighted by atomic mass is 35.5. The van der Waals surface area contributed by atoms with Gasteiger partial charge >= 0.3 is 0 Å². The summed E-state index contributed by atoms with van der Waals surface area (Å²) in [5, 5.41) is 4.48. The molecule has 0 radical (unpaired) electrons. The maximum Gasteiger partial charge on any atom is 0.0604 e. The number of nitrogens with one attached hydrogen (secondary N) is 1. The van der Waals surface area contributed by atoms with Crippen molar-refractivity contribution in [2.24, 2.45) is 5.92 Å². The molecule has 1 fully saturated rings. The molecule has 0 spiro atoms. The van der Waals surface area contributed by atoms with Crippen molar-refractivity contribution >= 4 is 34.0 Å². The molecule has 19 heavy (non-hydrogen) atoms. The first-order chi connectivity index (χ1) is 9.11. The topological polar surface area (TPSA) is 29.1 Å². The van der Waals surface area contributed by atoms with Crippen LogP contribution in [-0.4, -0.2) is 22.5 Å². The van der Waals surface area contributed by atoms with Crippen LogP contribution in [0.1, 0.15) is 26.2 Å². The molecule has 0 saturated heterocycles. The van der Waals surface area contributed by atoms with Gasteiger partial charge in [-0.25, -0.2) is 0 Å². The highest BCUT2D eigenvalue weighted by Gasteiger charge is 2.32. The van der Waals surface area contributed by atoms with E-state index in [4.69, 9.17) is 23.2 Å². The second kappa shape index (κ2) is 7.07. The third-order valence-electron chi connectivity index (χ3n) is 3.33. The lowest BCUT2D eigenvalue weighted by Crippen LogP contribution is -2.36. The Morgan fingerprint density at radius 3 is 2.68 bits per heavy atom. The lowest BCUT2D eigenvalue weighted by molar-refractivity contribution is 0.498. The third-order valence-corrected chi connectivity index (χ3v) is 5.51. The van der Waals surface area contributed by atoms with Crippen LogP contribution in [0.2, 0.25) is 10.0 Å². The summed E-state index contributed by atoms with van der Waals surface area (Å²) in [6.07, 6.45) is 3.60. The molecule has 0 amide bonds. The van der Waals surface area contributed by atoms with E-state index in [2.05, 4.69) is 12.2 Å². The van der Waals surface area contributed by atoms with Crippen LogP contribution >= 0.6 is 23.2 Å². The van der Waals surface area contributed by atoms with E-state index in [9.17, 15) is 4.21 Å². The lowest BCUT2D eigenvalue weighted by atomic mass is 10.2. The summed E-state index contributed by atoms with van der Waals surface area (Å²) in [6.45, 7) is 3.13. The van der Waals surface area contributed by atoms with E-state index in [1.807, 2.05) is 0 Å². The van der Waals surface area contributed by atoms with Gasteiger partial charge in [-0.15, -0.1) is 0 Å². The standard InChI is InChI=1S/C14H19Cl2NOS/c1-2-7-17-14(10-3-4-10)9-19(18)11-5-6-12(15)13(16)8-11/h5-6,8,10,14,17H,2-4,7,9H2,1H3. The highest BCUT2D eigenvalue weighted by Crippen LogP contribution is 2.33. The molecule has 2 rings (SSSR count). The monoisotopic (exact) mass is 319 g/mol. The van der Waals surface area contributed by atoms with E-state index in [0.717, 1.165) is 17.9 Å². The summed E-state index contributed by atoms with van der Waals surface area (Å²) in [5.41, 5.74) is 0. The van der Waals surface area contributed by atoms with Gasteiger partial charge in [0.05, 0.1) is 20.8 Å². The number of halogens is 2. The van der Waals surface area contributed by atoms with Gasteiger partial charge in [-0.1, -0.05) is 30.1 Å². The molecule has 1 N–H and O–H groups in total. The molecular formula is C14H19Cl2NOS. The molecule has 2 atom stereocenters. The molecule has 2 unspecified atom stereocenters. The van der Waals surface area contributed by atoms with Crippen molar-refractivity contribution in [3.8, 4) is 0 Å².